The number of carbonyl (C=O) groups is 1. The fourth-order valence-electron chi connectivity index (χ4n) is 3.19. The van der Waals surface area contributed by atoms with Crippen LogP contribution < -0.4 is 4.31 Å². The molecule has 1 amide bonds. The number of para-hydroxylation sites is 1. The van der Waals surface area contributed by atoms with Gasteiger partial charge in [-0.3, -0.25) is 9.10 Å². The number of hydrogen-bond acceptors (Lipinski definition) is 4. The van der Waals surface area contributed by atoms with Gasteiger partial charge in [0.1, 0.15) is 0 Å². The maximum atomic E-state index is 13.1. The van der Waals surface area contributed by atoms with E-state index in [0.717, 1.165) is 18.7 Å². The second-order valence-electron chi connectivity index (χ2n) is 6.88. The van der Waals surface area contributed by atoms with Crippen LogP contribution in [0.1, 0.15) is 15.9 Å². The molecule has 1 aliphatic heterocycles. The molecule has 0 saturated carbocycles. The number of benzene rings is 2. The topological polar surface area (TPSA) is 60.9 Å². The summed E-state index contributed by atoms with van der Waals surface area (Å²) in [4.78, 5) is 16.8. The van der Waals surface area contributed by atoms with Gasteiger partial charge in [0.2, 0.25) is 0 Å². The molecule has 1 heterocycles. The first-order valence-electron chi connectivity index (χ1n) is 8.93. The van der Waals surface area contributed by atoms with E-state index in [-0.39, 0.29) is 10.8 Å². The molecule has 7 heteroatoms. The number of hydrogen-bond donors (Lipinski definition) is 0. The van der Waals surface area contributed by atoms with E-state index in [9.17, 15) is 13.2 Å². The largest absolute Gasteiger partial charge is 0.336 e. The SMILES string of the molecule is Cc1ccccc1N(C)S(=O)(=O)c1cccc(C(=O)N2CCN(C)CC2)c1. The molecule has 144 valence electrons. The zero-order valence-corrected chi connectivity index (χ0v) is 16.7. The van der Waals surface area contributed by atoms with Crippen molar-refractivity contribution in [2.45, 2.75) is 11.8 Å². The summed E-state index contributed by atoms with van der Waals surface area (Å²) >= 11 is 0. The highest BCUT2D eigenvalue weighted by molar-refractivity contribution is 7.92. The van der Waals surface area contributed by atoms with Gasteiger partial charge in [0.25, 0.3) is 15.9 Å². The first-order valence-corrected chi connectivity index (χ1v) is 10.4. The molecule has 3 rings (SSSR count). The minimum absolute atomic E-state index is 0.119. The van der Waals surface area contributed by atoms with Gasteiger partial charge < -0.3 is 9.80 Å². The Balaban J connectivity index is 1.88. The molecule has 6 nitrogen and oxygen atoms in total. The molecule has 0 radical (unpaired) electrons. The third kappa shape index (κ3) is 3.99. The number of nitrogens with zero attached hydrogens (tertiary/aromatic N) is 3. The normalized spacial score (nSPS) is 15.6. The molecule has 1 aliphatic rings. The summed E-state index contributed by atoms with van der Waals surface area (Å²) in [5, 5.41) is 0. The molecule has 0 spiro atoms. The van der Waals surface area contributed by atoms with Gasteiger partial charge in [0.05, 0.1) is 10.6 Å². The van der Waals surface area contributed by atoms with Crippen molar-refractivity contribution >= 4 is 21.6 Å². The van der Waals surface area contributed by atoms with E-state index < -0.39 is 10.0 Å². The summed E-state index contributed by atoms with van der Waals surface area (Å²) in [6, 6.07) is 13.6. The Bertz CT molecular complexity index is 935. The van der Waals surface area contributed by atoms with Crippen LogP contribution in [0, 0.1) is 6.92 Å². The summed E-state index contributed by atoms with van der Waals surface area (Å²) < 4.78 is 27.4. The molecular weight excluding hydrogens is 362 g/mol. The van der Waals surface area contributed by atoms with Crippen molar-refractivity contribution in [2.24, 2.45) is 0 Å². The maximum absolute atomic E-state index is 13.1. The van der Waals surface area contributed by atoms with E-state index in [2.05, 4.69) is 4.90 Å². The average molecular weight is 388 g/mol. The lowest BCUT2D eigenvalue weighted by molar-refractivity contribution is 0.0664. The molecule has 0 N–H and O–H groups in total. The summed E-state index contributed by atoms with van der Waals surface area (Å²) in [5.41, 5.74) is 1.89. The highest BCUT2D eigenvalue weighted by atomic mass is 32.2. The highest BCUT2D eigenvalue weighted by Gasteiger charge is 2.25. The van der Waals surface area contributed by atoms with Crippen molar-refractivity contribution in [1.82, 2.24) is 9.80 Å². The van der Waals surface area contributed by atoms with Gasteiger partial charge in [0, 0.05) is 38.8 Å². The van der Waals surface area contributed by atoms with E-state index >= 15 is 0 Å². The van der Waals surface area contributed by atoms with Gasteiger partial charge in [-0.1, -0.05) is 24.3 Å². The third-order valence-corrected chi connectivity index (χ3v) is 6.75. The van der Waals surface area contributed by atoms with Crippen LogP contribution in [0.3, 0.4) is 0 Å². The molecule has 2 aromatic carbocycles. The molecule has 0 unspecified atom stereocenters. The Morgan fingerprint density at radius 1 is 1.00 bits per heavy atom. The zero-order valence-electron chi connectivity index (χ0n) is 15.9. The number of sulfonamides is 1. The third-order valence-electron chi connectivity index (χ3n) is 4.98. The number of amides is 1. The van der Waals surface area contributed by atoms with Gasteiger partial charge in [-0.05, 0) is 43.8 Å². The Morgan fingerprint density at radius 2 is 1.67 bits per heavy atom. The summed E-state index contributed by atoms with van der Waals surface area (Å²) in [6.45, 7) is 4.80. The lowest BCUT2D eigenvalue weighted by Crippen LogP contribution is -2.47. The summed E-state index contributed by atoms with van der Waals surface area (Å²) in [5.74, 6) is -0.126. The van der Waals surface area contributed by atoms with Crippen molar-refractivity contribution in [3.8, 4) is 0 Å². The molecule has 0 aromatic heterocycles. The quantitative estimate of drug-likeness (QED) is 0.807. The molecule has 0 aliphatic carbocycles. The molecule has 1 fully saturated rings. The van der Waals surface area contributed by atoms with E-state index in [1.54, 1.807) is 23.1 Å². The summed E-state index contributed by atoms with van der Waals surface area (Å²) in [6.07, 6.45) is 0. The van der Waals surface area contributed by atoms with Crippen LogP contribution in [0.25, 0.3) is 0 Å². The Hall–Kier alpha value is -2.38. The van der Waals surface area contributed by atoms with Crippen molar-refractivity contribution in [3.05, 3.63) is 59.7 Å². The maximum Gasteiger partial charge on any atom is 0.264 e. The van der Waals surface area contributed by atoms with Crippen LogP contribution in [0.2, 0.25) is 0 Å². The Kier molecular flexibility index (Phi) is 5.53. The van der Waals surface area contributed by atoms with Crippen LogP contribution >= 0.6 is 0 Å². The van der Waals surface area contributed by atoms with Gasteiger partial charge in [0.15, 0.2) is 0 Å². The fraction of sp³-hybridized carbons (Fsp3) is 0.350. The van der Waals surface area contributed by atoms with Crippen molar-refractivity contribution < 1.29 is 13.2 Å². The Labute approximate surface area is 161 Å². The van der Waals surface area contributed by atoms with Crippen molar-refractivity contribution in [2.75, 3.05) is 44.6 Å². The van der Waals surface area contributed by atoms with Gasteiger partial charge in [-0.15, -0.1) is 0 Å². The van der Waals surface area contributed by atoms with Crippen molar-refractivity contribution in [1.29, 1.82) is 0 Å². The predicted octanol–water partition coefficient (Wildman–Crippen LogP) is 2.21. The van der Waals surface area contributed by atoms with Crippen LogP contribution in [0.15, 0.2) is 53.4 Å². The van der Waals surface area contributed by atoms with Gasteiger partial charge >= 0.3 is 0 Å². The monoisotopic (exact) mass is 387 g/mol. The van der Waals surface area contributed by atoms with Gasteiger partial charge in [-0.25, -0.2) is 8.42 Å². The molecule has 1 saturated heterocycles. The van der Waals surface area contributed by atoms with E-state index in [1.807, 2.05) is 32.2 Å². The molecule has 2 aromatic rings. The molecule has 27 heavy (non-hydrogen) atoms. The minimum Gasteiger partial charge on any atom is -0.336 e. The second kappa shape index (κ2) is 7.70. The average Bonchev–Trinajstić information content (AvgIpc) is 2.68. The number of likely N-dealkylation sites (N-methyl/N-ethyl adjacent to an activating group) is 1. The van der Waals surface area contributed by atoms with Crippen LogP contribution in [0.4, 0.5) is 5.69 Å². The van der Waals surface area contributed by atoms with Gasteiger partial charge in [-0.2, -0.15) is 0 Å². The lowest BCUT2D eigenvalue weighted by atomic mass is 10.2. The molecule has 0 atom stereocenters. The molecule has 0 bridgehead atoms. The minimum atomic E-state index is -3.76. The van der Waals surface area contributed by atoms with E-state index in [4.69, 9.17) is 0 Å². The number of rotatable bonds is 4. The zero-order chi connectivity index (χ0) is 19.6. The first-order chi connectivity index (χ1) is 12.8. The Morgan fingerprint density at radius 3 is 2.33 bits per heavy atom. The smallest absolute Gasteiger partial charge is 0.264 e. The van der Waals surface area contributed by atoms with Crippen LogP contribution in [-0.2, 0) is 10.0 Å². The fourth-order valence-corrected chi connectivity index (χ4v) is 4.49. The number of carbonyl (C=O) groups excluding carboxylic acids is 1. The number of aryl methyl sites for hydroxylation is 1. The number of piperazine rings is 1. The van der Waals surface area contributed by atoms with Crippen LogP contribution in [0.5, 0.6) is 0 Å². The molecular formula is C20H25N3O3S. The standard InChI is InChI=1S/C20H25N3O3S/c1-16-7-4-5-10-19(16)22(3)27(25,26)18-9-6-8-17(15-18)20(24)23-13-11-21(2)12-14-23/h4-10,15H,11-14H2,1-3H3. The van der Waals surface area contributed by atoms with E-state index in [0.29, 0.717) is 24.3 Å². The second-order valence-corrected chi connectivity index (χ2v) is 8.85. The summed E-state index contributed by atoms with van der Waals surface area (Å²) in [7, 11) is -0.197. The van der Waals surface area contributed by atoms with E-state index in [1.165, 1.54) is 23.5 Å². The first kappa shape index (κ1) is 19.4. The van der Waals surface area contributed by atoms with Crippen LogP contribution in [-0.4, -0.2) is 64.4 Å². The highest BCUT2D eigenvalue weighted by Crippen LogP contribution is 2.25. The predicted molar refractivity (Wildman–Crippen MR) is 107 cm³/mol. The van der Waals surface area contributed by atoms with Crippen molar-refractivity contribution in [3.63, 3.8) is 0 Å². The lowest BCUT2D eigenvalue weighted by Gasteiger charge is -2.32. The number of anilines is 1.